The van der Waals surface area contributed by atoms with E-state index in [2.05, 4.69) is 36.6 Å². The zero-order valence-electron chi connectivity index (χ0n) is 14.2. The number of H-pyrrole nitrogens is 1. The van der Waals surface area contributed by atoms with Crippen LogP contribution in [0.5, 0.6) is 0 Å². The van der Waals surface area contributed by atoms with Crippen LogP contribution in [0.2, 0.25) is 0 Å². The summed E-state index contributed by atoms with van der Waals surface area (Å²) >= 11 is 0. The maximum atomic E-state index is 9.12. The Bertz CT molecular complexity index is 940. The Hall–Kier alpha value is -2.39. The molecule has 0 spiro atoms. The van der Waals surface area contributed by atoms with E-state index in [-0.39, 0.29) is 5.92 Å². The van der Waals surface area contributed by atoms with Gasteiger partial charge in [-0.1, -0.05) is 0 Å². The van der Waals surface area contributed by atoms with Gasteiger partial charge in [-0.15, -0.1) is 0 Å². The van der Waals surface area contributed by atoms with Crippen molar-refractivity contribution in [3.05, 3.63) is 24.8 Å². The highest BCUT2D eigenvalue weighted by atomic mass is 15.2. The molecule has 1 aliphatic carbocycles. The second-order valence-electron chi connectivity index (χ2n) is 7.46. The molecular weight excluding hydrogens is 312 g/mol. The molecule has 3 aromatic rings. The molecule has 3 aromatic heterocycles. The first-order chi connectivity index (χ1) is 12.3. The molecule has 0 amide bonds. The molecule has 25 heavy (non-hydrogen) atoms. The summed E-state index contributed by atoms with van der Waals surface area (Å²) in [6.45, 7) is 2.06. The van der Waals surface area contributed by atoms with Crippen LogP contribution in [0.4, 0.5) is 0 Å². The normalized spacial score (nSPS) is 27.9. The van der Waals surface area contributed by atoms with Crippen LogP contribution in [0.15, 0.2) is 24.8 Å². The first-order valence-electron chi connectivity index (χ1n) is 9.26. The summed E-state index contributed by atoms with van der Waals surface area (Å²) < 4.78 is 2.37. The minimum absolute atomic E-state index is 0.240. The summed E-state index contributed by atoms with van der Waals surface area (Å²) in [5.74, 6) is 0.240. The van der Waals surface area contributed by atoms with Crippen molar-refractivity contribution < 1.29 is 0 Å². The molecule has 1 unspecified atom stereocenters. The zero-order chi connectivity index (χ0) is 16.8. The second kappa shape index (κ2) is 5.85. The summed E-state index contributed by atoms with van der Waals surface area (Å²) in [6, 6.07) is 5.70. The van der Waals surface area contributed by atoms with Crippen LogP contribution in [0.25, 0.3) is 22.1 Å². The standard InChI is InChI=1S/C19H22N6/c20-9-13-6-8-24(11-13)14-1-3-15(4-2-14)25-12-23-17-10-22-19-16(18(17)25)5-7-21-19/h5,7,10,12-15H,1-4,6,8,11H2,(H,21,22). The summed E-state index contributed by atoms with van der Waals surface area (Å²) in [6.07, 6.45) is 11.6. The van der Waals surface area contributed by atoms with E-state index >= 15 is 0 Å². The number of aromatic amines is 1. The van der Waals surface area contributed by atoms with E-state index in [1.807, 2.05) is 18.7 Å². The van der Waals surface area contributed by atoms with E-state index in [1.165, 1.54) is 31.2 Å². The Morgan fingerprint density at radius 2 is 1.96 bits per heavy atom. The van der Waals surface area contributed by atoms with Gasteiger partial charge in [0.25, 0.3) is 0 Å². The van der Waals surface area contributed by atoms with Gasteiger partial charge in [0.1, 0.15) is 11.2 Å². The number of nitriles is 1. The maximum absolute atomic E-state index is 9.12. The van der Waals surface area contributed by atoms with Crippen LogP contribution in [-0.4, -0.2) is 43.6 Å². The zero-order valence-corrected chi connectivity index (χ0v) is 14.2. The lowest BCUT2D eigenvalue weighted by molar-refractivity contribution is 0.165. The number of hydrogen-bond donors (Lipinski definition) is 1. The van der Waals surface area contributed by atoms with Gasteiger partial charge in [0.05, 0.1) is 30.0 Å². The van der Waals surface area contributed by atoms with Gasteiger partial charge in [-0.25, -0.2) is 9.97 Å². The Morgan fingerprint density at radius 1 is 1.12 bits per heavy atom. The number of nitrogens with one attached hydrogen (secondary N) is 1. The van der Waals surface area contributed by atoms with Crippen molar-refractivity contribution in [2.24, 2.45) is 5.92 Å². The Morgan fingerprint density at radius 3 is 2.76 bits per heavy atom. The van der Waals surface area contributed by atoms with Crippen molar-refractivity contribution in [3.8, 4) is 6.07 Å². The lowest BCUT2D eigenvalue weighted by Crippen LogP contribution is -2.36. The maximum Gasteiger partial charge on any atom is 0.139 e. The Kier molecular flexibility index (Phi) is 3.49. The van der Waals surface area contributed by atoms with Crippen molar-refractivity contribution in [2.75, 3.05) is 13.1 Å². The third kappa shape index (κ3) is 2.42. The summed E-state index contributed by atoms with van der Waals surface area (Å²) in [7, 11) is 0. The van der Waals surface area contributed by atoms with Gasteiger partial charge in [-0.2, -0.15) is 5.26 Å². The monoisotopic (exact) mass is 334 g/mol. The molecule has 2 aliphatic rings. The van der Waals surface area contributed by atoms with Crippen LogP contribution in [0, 0.1) is 17.2 Å². The summed E-state index contributed by atoms with van der Waals surface area (Å²) in [5.41, 5.74) is 3.12. The Balaban J connectivity index is 1.37. The highest BCUT2D eigenvalue weighted by molar-refractivity contribution is 6.00. The molecule has 1 saturated heterocycles. The van der Waals surface area contributed by atoms with Crippen molar-refractivity contribution in [1.29, 1.82) is 5.26 Å². The molecule has 6 nitrogen and oxygen atoms in total. The third-order valence-corrected chi connectivity index (χ3v) is 6.10. The highest BCUT2D eigenvalue weighted by Crippen LogP contribution is 2.36. The number of likely N-dealkylation sites (tertiary alicyclic amines) is 1. The van der Waals surface area contributed by atoms with E-state index in [4.69, 9.17) is 5.26 Å². The molecule has 1 saturated carbocycles. The van der Waals surface area contributed by atoms with Gasteiger partial charge in [-0.05, 0) is 44.7 Å². The van der Waals surface area contributed by atoms with Gasteiger partial charge >= 0.3 is 0 Å². The van der Waals surface area contributed by atoms with E-state index in [0.29, 0.717) is 12.1 Å². The van der Waals surface area contributed by atoms with Crippen LogP contribution in [-0.2, 0) is 0 Å². The average Bonchev–Trinajstić information content (AvgIpc) is 3.39. The molecule has 1 atom stereocenters. The molecule has 0 radical (unpaired) electrons. The molecule has 0 aromatic carbocycles. The summed E-state index contributed by atoms with van der Waals surface area (Å²) in [4.78, 5) is 14.8. The molecule has 6 heteroatoms. The van der Waals surface area contributed by atoms with Crippen molar-refractivity contribution >= 4 is 22.1 Å². The largest absolute Gasteiger partial charge is 0.346 e. The van der Waals surface area contributed by atoms with E-state index in [1.54, 1.807) is 0 Å². The van der Waals surface area contributed by atoms with Gasteiger partial charge < -0.3 is 9.55 Å². The van der Waals surface area contributed by atoms with Crippen LogP contribution in [0.3, 0.4) is 0 Å². The lowest BCUT2D eigenvalue weighted by atomic mass is 9.90. The predicted octanol–water partition coefficient (Wildman–Crippen LogP) is 3.24. The first kappa shape index (κ1) is 14.9. The highest BCUT2D eigenvalue weighted by Gasteiger charge is 2.32. The molecule has 0 bridgehead atoms. The predicted molar refractivity (Wildman–Crippen MR) is 96.0 cm³/mol. The first-order valence-corrected chi connectivity index (χ1v) is 9.26. The van der Waals surface area contributed by atoms with Gasteiger partial charge in [-0.3, -0.25) is 4.90 Å². The van der Waals surface area contributed by atoms with Crippen molar-refractivity contribution in [3.63, 3.8) is 0 Å². The average molecular weight is 334 g/mol. The number of aromatic nitrogens is 4. The third-order valence-electron chi connectivity index (χ3n) is 6.10. The number of fused-ring (bicyclic) bond motifs is 3. The SMILES string of the molecule is N#CC1CCN(C2CCC(n3cnc4cnc5[nH]ccc5c43)CC2)C1. The van der Waals surface area contributed by atoms with Crippen LogP contribution in [0.1, 0.15) is 38.1 Å². The van der Waals surface area contributed by atoms with E-state index in [0.717, 1.165) is 36.1 Å². The van der Waals surface area contributed by atoms with Gasteiger partial charge in [0.15, 0.2) is 0 Å². The fourth-order valence-corrected chi connectivity index (χ4v) is 4.73. The minimum Gasteiger partial charge on any atom is -0.346 e. The molecule has 4 heterocycles. The molecule has 128 valence electrons. The number of hydrogen-bond acceptors (Lipinski definition) is 4. The number of nitrogens with zero attached hydrogens (tertiary/aromatic N) is 5. The van der Waals surface area contributed by atoms with Crippen molar-refractivity contribution in [1.82, 2.24) is 24.4 Å². The molecule has 1 N–H and O–H groups in total. The van der Waals surface area contributed by atoms with Crippen LogP contribution >= 0.6 is 0 Å². The molecule has 1 aliphatic heterocycles. The summed E-state index contributed by atoms with van der Waals surface area (Å²) in [5, 5.41) is 10.3. The van der Waals surface area contributed by atoms with Gasteiger partial charge in [0, 0.05) is 30.2 Å². The van der Waals surface area contributed by atoms with Crippen molar-refractivity contribution in [2.45, 2.75) is 44.2 Å². The minimum atomic E-state index is 0.240. The van der Waals surface area contributed by atoms with Gasteiger partial charge in [0.2, 0.25) is 0 Å². The van der Waals surface area contributed by atoms with E-state index in [9.17, 15) is 0 Å². The lowest BCUT2D eigenvalue weighted by Gasteiger charge is -2.35. The molecular formula is C19H22N6. The number of pyridine rings is 1. The number of rotatable bonds is 2. The second-order valence-corrected chi connectivity index (χ2v) is 7.46. The van der Waals surface area contributed by atoms with Crippen LogP contribution < -0.4 is 0 Å². The molecule has 2 fully saturated rings. The fraction of sp³-hybridized carbons (Fsp3) is 0.526. The van der Waals surface area contributed by atoms with E-state index < -0.39 is 0 Å². The number of imidazole rings is 1. The Labute approximate surface area is 146 Å². The molecule has 5 rings (SSSR count). The topological polar surface area (TPSA) is 73.5 Å². The quantitative estimate of drug-likeness (QED) is 0.781. The fourth-order valence-electron chi connectivity index (χ4n) is 4.73. The smallest absolute Gasteiger partial charge is 0.139 e.